The third-order valence-electron chi connectivity index (χ3n) is 7.18. The Morgan fingerprint density at radius 1 is 1.04 bits per heavy atom. The van der Waals surface area contributed by atoms with Crippen LogP contribution >= 0.6 is 0 Å². The molecule has 0 amide bonds. The Balaban J connectivity index is 1.49. The number of nitrogens with zero attached hydrogens (tertiary/aromatic N) is 4. The van der Waals surface area contributed by atoms with Crippen molar-refractivity contribution in [3.8, 4) is 6.07 Å². The number of hydrogen-bond donors (Lipinski definition) is 0. The average molecular weight is 348 g/mol. The third-order valence-corrected chi connectivity index (χ3v) is 7.18. The molecule has 4 nitrogen and oxygen atoms in total. The Labute approximate surface area is 156 Å². The highest BCUT2D eigenvalue weighted by Gasteiger charge is 2.49. The van der Waals surface area contributed by atoms with Crippen molar-refractivity contribution in [2.75, 3.05) is 19.6 Å². The topological polar surface area (TPSA) is 42.6 Å². The smallest absolute Gasteiger partial charge is 0.105 e. The molecule has 4 atom stereocenters. The van der Waals surface area contributed by atoms with Crippen molar-refractivity contribution in [1.82, 2.24) is 9.80 Å². The van der Waals surface area contributed by atoms with Gasteiger partial charge in [-0.1, -0.05) is 12.1 Å². The van der Waals surface area contributed by atoms with Gasteiger partial charge in [0.25, 0.3) is 0 Å². The van der Waals surface area contributed by atoms with Gasteiger partial charge in [-0.05, 0) is 75.6 Å². The summed E-state index contributed by atoms with van der Waals surface area (Å²) in [6.07, 6.45) is 9.11. The highest BCUT2D eigenvalue weighted by atomic mass is 15.3. The molecular weight excluding hydrogens is 320 g/mol. The number of piperidine rings is 4. The molecule has 0 radical (unpaired) electrons. The summed E-state index contributed by atoms with van der Waals surface area (Å²) in [5.74, 6) is 2.87. The van der Waals surface area contributed by atoms with Crippen LogP contribution in [0.15, 0.2) is 29.3 Å². The number of para-hydroxylation sites is 1. The maximum absolute atomic E-state index is 9.41. The molecule has 1 aromatic rings. The van der Waals surface area contributed by atoms with Crippen LogP contribution in [0.5, 0.6) is 0 Å². The molecule has 0 N–H and O–H groups in total. The summed E-state index contributed by atoms with van der Waals surface area (Å²) < 4.78 is 0. The van der Waals surface area contributed by atoms with Crippen molar-refractivity contribution in [2.24, 2.45) is 16.8 Å². The molecular formula is C22H28N4. The predicted molar refractivity (Wildman–Crippen MR) is 103 cm³/mol. The maximum atomic E-state index is 9.41. The van der Waals surface area contributed by atoms with Crippen LogP contribution < -0.4 is 0 Å². The number of aliphatic imine (C=N–C) groups is 1. The molecule has 1 aromatic carbocycles. The van der Waals surface area contributed by atoms with E-state index in [-0.39, 0.29) is 0 Å². The van der Waals surface area contributed by atoms with Crippen LogP contribution in [-0.2, 0) is 0 Å². The standard InChI is InChI=1S/C22H28N4/c23-14-16-6-1-2-9-19(16)24-21-11-3-10-20-18-8-5-13-25-12-4-7-17(22(18)25)15-26(20)21/h1-2,6,9,17-18,20,22H,3-5,7-8,10-13,15H2/t17-,18+,20+,22-/m0/s1. The molecule has 4 fully saturated rings. The summed E-state index contributed by atoms with van der Waals surface area (Å²) >= 11 is 0. The summed E-state index contributed by atoms with van der Waals surface area (Å²) in [6, 6.07) is 11.6. The van der Waals surface area contributed by atoms with Gasteiger partial charge in [0.15, 0.2) is 0 Å². The first-order valence-electron chi connectivity index (χ1n) is 10.4. The van der Waals surface area contributed by atoms with Crippen LogP contribution in [0.4, 0.5) is 5.69 Å². The van der Waals surface area contributed by atoms with E-state index < -0.39 is 0 Å². The Morgan fingerprint density at radius 2 is 1.88 bits per heavy atom. The van der Waals surface area contributed by atoms with Crippen molar-refractivity contribution < 1.29 is 0 Å². The molecule has 4 aliphatic heterocycles. The number of hydrogen-bond acceptors (Lipinski definition) is 3. The Morgan fingerprint density at radius 3 is 2.77 bits per heavy atom. The fourth-order valence-electron chi connectivity index (χ4n) is 6.20. The zero-order valence-electron chi connectivity index (χ0n) is 15.5. The van der Waals surface area contributed by atoms with E-state index in [4.69, 9.17) is 4.99 Å². The normalized spacial score (nSPS) is 35.5. The third kappa shape index (κ3) is 2.65. The van der Waals surface area contributed by atoms with Crippen molar-refractivity contribution in [3.05, 3.63) is 29.8 Å². The summed E-state index contributed by atoms with van der Waals surface area (Å²) in [6.45, 7) is 3.82. The molecule has 4 heteroatoms. The quantitative estimate of drug-likeness (QED) is 0.772. The SMILES string of the molecule is N#Cc1ccccc1N=C1CCC[C@@H]2[C@H]3CCCN4CCC[C@@H](CN12)[C@@H]34. The van der Waals surface area contributed by atoms with E-state index in [1.54, 1.807) is 0 Å². The lowest BCUT2D eigenvalue weighted by atomic mass is 9.68. The predicted octanol–water partition coefficient (Wildman–Crippen LogP) is 3.95. The minimum atomic E-state index is 0.666. The van der Waals surface area contributed by atoms with E-state index in [0.717, 1.165) is 30.0 Å². The molecule has 4 saturated heterocycles. The zero-order chi connectivity index (χ0) is 17.5. The molecule has 0 aliphatic carbocycles. The van der Waals surface area contributed by atoms with Gasteiger partial charge in [-0.15, -0.1) is 0 Å². The second kappa shape index (κ2) is 6.70. The Kier molecular flexibility index (Phi) is 4.21. The average Bonchev–Trinajstić information content (AvgIpc) is 2.69. The number of rotatable bonds is 1. The van der Waals surface area contributed by atoms with Gasteiger partial charge in [-0.3, -0.25) is 4.90 Å². The fourth-order valence-corrected chi connectivity index (χ4v) is 6.20. The monoisotopic (exact) mass is 348 g/mol. The second-order valence-corrected chi connectivity index (χ2v) is 8.50. The van der Waals surface area contributed by atoms with Gasteiger partial charge in [0.1, 0.15) is 11.9 Å². The number of benzene rings is 1. The molecule has 4 heterocycles. The molecule has 0 bridgehead atoms. The van der Waals surface area contributed by atoms with Crippen LogP contribution in [0.3, 0.4) is 0 Å². The van der Waals surface area contributed by atoms with E-state index in [1.165, 1.54) is 64.0 Å². The molecule has 0 aromatic heterocycles. The van der Waals surface area contributed by atoms with E-state index in [2.05, 4.69) is 15.9 Å². The highest BCUT2D eigenvalue weighted by molar-refractivity contribution is 5.86. The van der Waals surface area contributed by atoms with Crippen LogP contribution in [0.2, 0.25) is 0 Å². The van der Waals surface area contributed by atoms with Crippen molar-refractivity contribution >= 4 is 11.5 Å². The second-order valence-electron chi connectivity index (χ2n) is 8.50. The fraction of sp³-hybridized carbons (Fsp3) is 0.636. The first kappa shape index (κ1) is 16.3. The van der Waals surface area contributed by atoms with E-state index in [0.29, 0.717) is 11.6 Å². The first-order valence-corrected chi connectivity index (χ1v) is 10.4. The molecule has 0 unspecified atom stereocenters. The first-order chi connectivity index (χ1) is 12.8. The van der Waals surface area contributed by atoms with E-state index in [1.807, 2.05) is 24.3 Å². The minimum Gasteiger partial charge on any atom is -0.356 e. The van der Waals surface area contributed by atoms with Gasteiger partial charge in [0, 0.05) is 25.0 Å². The van der Waals surface area contributed by atoms with Crippen LogP contribution in [0, 0.1) is 23.2 Å². The maximum Gasteiger partial charge on any atom is 0.105 e. The van der Waals surface area contributed by atoms with Gasteiger partial charge >= 0.3 is 0 Å². The van der Waals surface area contributed by atoms with Gasteiger partial charge < -0.3 is 4.90 Å². The van der Waals surface area contributed by atoms with Gasteiger partial charge in [0.05, 0.1) is 11.3 Å². The summed E-state index contributed by atoms with van der Waals surface area (Å²) in [7, 11) is 0. The molecule has 26 heavy (non-hydrogen) atoms. The Hall–Kier alpha value is -1.86. The molecule has 5 rings (SSSR count). The highest BCUT2D eigenvalue weighted by Crippen LogP contribution is 2.45. The van der Waals surface area contributed by atoms with Crippen molar-refractivity contribution in [2.45, 2.75) is 57.0 Å². The van der Waals surface area contributed by atoms with Crippen molar-refractivity contribution in [3.63, 3.8) is 0 Å². The van der Waals surface area contributed by atoms with Gasteiger partial charge in [-0.2, -0.15) is 5.26 Å². The van der Waals surface area contributed by atoms with Crippen LogP contribution in [-0.4, -0.2) is 47.4 Å². The number of nitriles is 1. The molecule has 4 aliphatic rings. The molecule has 0 spiro atoms. The molecule has 136 valence electrons. The van der Waals surface area contributed by atoms with E-state index in [9.17, 15) is 5.26 Å². The van der Waals surface area contributed by atoms with Gasteiger partial charge in [-0.25, -0.2) is 4.99 Å². The number of fused-ring (bicyclic) bond motifs is 2. The minimum absolute atomic E-state index is 0.666. The van der Waals surface area contributed by atoms with Crippen molar-refractivity contribution in [1.29, 1.82) is 5.26 Å². The Bertz CT molecular complexity index is 747. The summed E-state index contributed by atoms with van der Waals surface area (Å²) in [5, 5.41) is 9.41. The van der Waals surface area contributed by atoms with Crippen LogP contribution in [0.25, 0.3) is 0 Å². The largest absolute Gasteiger partial charge is 0.356 e. The summed E-state index contributed by atoms with van der Waals surface area (Å²) in [4.78, 5) is 10.5. The molecule has 0 saturated carbocycles. The lowest BCUT2D eigenvalue weighted by Crippen LogP contribution is -2.66. The van der Waals surface area contributed by atoms with Crippen LogP contribution in [0.1, 0.15) is 50.5 Å². The number of amidine groups is 1. The van der Waals surface area contributed by atoms with Gasteiger partial charge in [0.2, 0.25) is 0 Å². The zero-order valence-corrected chi connectivity index (χ0v) is 15.5. The lowest BCUT2D eigenvalue weighted by molar-refractivity contribution is -0.0604. The summed E-state index contributed by atoms with van der Waals surface area (Å²) in [5.41, 5.74) is 1.54. The van der Waals surface area contributed by atoms with E-state index >= 15 is 0 Å². The lowest BCUT2D eigenvalue weighted by Gasteiger charge is -2.59.